The summed E-state index contributed by atoms with van der Waals surface area (Å²) in [4.78, 5) is 4.95. The first-order valence-corrected chi connectivity index (χ1v) is 9.38. The van der Waals surface area contributed by atoms with Gasteiger partial charge in [0.2, 0.25) is 0 Å². The van der Waals surface area contributed by atoms with Crippen LogP contribution in [0.1, 0.15) is 16.7 Å². The molecule has 5 heteroatoms. The van der Waals surface area contributed by atoms with Crippen molar-refractivity contribution >= 4 is 11.6 Å². The van der Waals surface area contributed by atoms with Crippen molar-refractivity contribution in [2.75, 3.05) is 40.4 Å². The van der Waals surface area contributed by atoms with E-state index in [0.29, 0.717) is 0 Å². The number of rotatable bonds is 6. The fourth-order valence-corrected chi connectivity index (χ4v) is 3.77. The fourth-order valence-electron chi connectivity index (χ4n) is 3.57. The van der Waals surface area contributed by atoms with Crippen LogP contribution in [-0.2, 0) is 13.1 Å². The number of hydrogen-bond acceptors (Lipinski definition) is 4. The predicted octanol–water partition coefficient (Wildman–Crippen LogP) is 3.98. The molecule has 140 valence electrons. The number of benzene rings is 2. The summed E-state index contributed by atoms with van der Waals surface area (Å²) in [7, 11) is 3.42. The van der Waals surface area contributed by atoms with E-state index in [1.54, 1.807) is 14.2 Å². The van der Waals surface area contributed by atoms with Gasteiger partial charge in [-0.25, -0.2) is 0 Å². The van der Waals surface area contributed by atoms with Crippen molar-refractivity contribution in [3.05, 3.63) is 58.1 Å². The van der Waals surface area contributed by atoms with Crippen molar-refractivity contribution in [1.82, 2.24) is 9.80 Å². The van der Waals surface area contributed by atoms with Gasteiger partial charge in [-0.1, -0.05) is 35.9 Å². The van der Waals surface area contributed by atoms with Crippen LogP contribution < -0.4 is 9.47 Å². The minimum Gasteiger partial charge on any atom is -0.496 e. The number of nitrogens with zero attached hydrogens (tertiary/aromatic N) is 2. The summed E-state index contributed by atoms with van der Waals surface area (Å²) in [6.07, 6.45) is 0. The van der Waals surface area contributed by atoms with Crippen molar-refractivity contribution in [2.45, 2.75) is 20.0 Å². The van der Waals surface area contributed by atoms with Gasteiger partial charge in [-0.05, 0) is 24.6 Å². The molecule has 0 unspecified atom stereocenters. The first kappa shape index (κ1) is 19.0. The molecule has 1 aliphatic rings. The Hall–Kier alpha value is -1.75. The second-order valence-corrected chi connectivity index (χ2v) is 7.14. The maximum atomic E-state index is 6.29. The third-order valence-corrected chi connectivity index (χ3v) is 5.44. The minimum atomic E-state index is 0.855. The average molecular weight is 375 g/mol. The Balaban J connectivity index is 1.59. The minimum absolute atomic E-state index is 0.855. The Kier molecular flexibility index (Phi) is 6.41. The first-order chi connectivity index (χ1) is 12.6. The highest BCUT2D eigenvalue weighted by atomic mass is 35.5. The summed E-state index contributed by atoms with van der Waals surface area (Å²) >= 11 is 6.29. The lowest BCUT2D eigenvalue weighted by Crippen LogP contribution is -2.45. The molecule has 2 aromatic rings. The lowest BCUT2D eigenvalue weighted by atomic mass is 10.1. The normalized spacial score (nSPS) is 15.8. The second-order valence-electron chi connectivity index (χ2n) is 6.73. The van der Waals surface area contributed by atoms with E-state index in [1.165, 1.54) is 11.1 Å². The molecule has 1 heterocycles. The third-order valence-electron chi connectivity index (χ3n) is 5.07. The van der Waals surface area contributed by atoms with Crippen LogP contribution in [0, 0.1) is 6.92 Å². The summed E-state index contributed by atoms with van der Waals surface area (Å²) in [5, 5.41) is 0.855. The monoisotopic (exact) mass is 374 g/mol. The molecule has 0 aliphatic carbocycles. The molecule has 4 nitrogen and oxygen atoms in total. The van der Waals surface area contributed by atoms with Gasteiger partial charge in [0, 0.05) is 55.4 Å². The molecule has 0 amide bonds. The molecule has 0 atom stereocenters. The number of piperazine rings is 1. The average Bonchev–Trinajstić information content (AvgIpc) is 2.65. The Morgan fingerprint density at radius 1 is 0.846 bits per heavy atom. The van der Waals surface area contributed by atoms with E-state index in [0.717, 1.165) is 61.4 Å². The van der Waals surface area contributed by atoms with Gasteiger partial charge in [-0.15, -0.1) is 0 Å². The molecule has 1 aliphatic heterocycles. The van der Waals surface area contributed by atoms with E-state index < -0.39 is 0 Å². The van der Waals surface area contributed by atoms with E-state index in [1.807, 2.05) is 25.1 Å². The van der Waals surface area contributed by atoms with Gasteiger partial charge in [0.05, 0.1) is 14.2 Å². The van der Waals surface area contributed by atoms with Crippen LogP contribution in [0.15, 0.2) is 36.4 Å². The Morgan fingerprint density at radius 3 is 2.04 bits per heavy atom. The molecule has 26 heavy (non-hydrogen) atoms. The van der Waals surface area contributed by atoms with Gasteiger partial charge in [0.15, 0.2) is 0 Å². The molecule has 2 aromatic carbocycles. The molecule has 0 aromatic heterocycles. The molecule has 0 N–H and O–H groups in total. The van der Waals surface area contributed by atoms with Crippen molar-refractivity contribution in [3.63, 3.8) is 0 Å². The van der Waals surface area contributed by atoms with Gasteiger partial charge in [-0.3, -0.25) is 9.80 Å². The zero-order chi connectivity index (χ0) is 18.5. The third kappa shape index (κ3) is 4.32. The largest absolute Gasteiger partial charge is 0.496 e. The van der Waals surface area contributed by atoms with Gasteiger partial charge in [0.1, 0.15) is 11.5 Å². The second kappa shape index (κ2) is 8.76. The smallest absolute Gasteiger partial charge is 0.129 e. The molecule has 0 radical (unpaired) electrons. The maximum absolute atomic E-state index is 6.29. The fraction of sp³-hybridized carbons (Fsp3) is 0.429. The van der Waals surface area contributed by atoms with Gasteiger partial charge in [-0.2, -0.15) is 0 Å². The topological polar surface area (TPSA) is 24.9 Å². The van der Waals surface area contributed by atoms with E-state index in [2.05, 4.69) is 28.0 Å². The highest BCUT2D eigenvalue weighted by molar-refractivity contribution is 6.31. The van der Waals surface area contributed by atoms with E-state index in [9.17, 15) is 0 Å². The number of ether oxygens (including phenoxy) is 2. The molecule has 3 rings (SSSR count). The van der Waals surface area contributed by atoms with Crippen LogP contribution in [-0.4, -0.2) is 50.2 Å². The Morgan fingerprint density at radius 2 is 1.46 bits per heavy atom. The van der Waals surface area contributed by atoms with E-state index in [-0.39, 0.29) is 0 Å². The van der Waals surface area contributed by atoms with Gasteiger partial charge >= 0.3 is 0 Å². The summed E-state index contributed by atoms with van der Waals surface area (Å²) < 4.78 is 11.0. The SMILES string of the molecule is COc1ccc(CN2CCN(Cc3ccccc3Cl)CC2)c(OC)c1C. The van der Waals surface area contributed by atoms with E-state index >= 15 is 0 Å². The van der Waals surface area contributed by atoms with Crippen molar-refractivity contribution in [1.29, 1.82) is 0 Å². The molecule has 0 saturated carbocycles. The van der Waals surface area contributed by atoms with Crippen LogP contribution >= 0.6 is 11.6 Å². The van der Waals surface area contributed by atoms with Gasteiger partial charge < -0.3 is 9.47 Å². The Bertz CT molecular complexity index is 743. The van der Waals surface area contributed by atoms with E-state index in [4.69, 9.17) is 21.1 Å². The maximum Gasteiger partial charge on any atom is 0.129 e. The lowest BCUT2D eigenvalue weighted by molar-refractivity contribution is 0.121. The highest BCUT2D eigenvalue weighted by Gasteiger charge is 2.20. The molecular formula is C21H27ClN2O2. The van der Waals surface area contributed by atoms with Gasteiger partial charge in [0.25, 0.3) is 0 Å². The molecule has 1 fully saturated rings. The number of halogens is 1. The first-order valence-electron chi connectivity index (χ1n) is 9.01. The van der Waals surface area contributed by atoms with Crippen LogP contribution in [0.4, 0.5) is 0 Å². The molecule has 1 saturated heterocycles. The van der Waals surface area contributed by atoms with Crippen molar-refractivity contribution in [2.24, 2.45) is 0 Å². The Labute approximate surface area is 161 Å². The number of hydrogen-bond donors (Lipinski definition) is 0. The summed E-state index contributed by atoms with van der Waals surface area (Å²) in [6.45, 7) is 8.03. The quantitative estimate of drug-likeness (QED) is 0.763. The zero-order valence-electron chi connectivity index (χ0n) is 15.8. The predicted molar refractivity (Wildman–Crippen MR) is 106 cm³/mol. The van der Waals surface area contributed by atoms with Crippen LogP contribution in [0.5, 0.6) is 11.5 Å². The van der Waals surface area contributed by atoms with Crippen LogP contribution in [0.2, 0.25) is 5.02 Å². The van der Waals surface area contributed by atoms with Crippen molar-refractivity contribution < 1.29 is 9.47 Å². The van der Waals surface area contributed by atoms with Crippen LogP contribution in [0.3, 0.4) is 0 Å². The summed E-state index contributed by atoms with van der Waals surface area (Å²) in [5.74, 6) is 1.80. The zero-order valence-corrected chi connectivity index (χ0v) is 16.6. The molecule has 0 spiro atoms. The summed E-state index contributed by atoms with van der Waals surface area (Å²) in [5.41, 5.74) is 3.48. The standard InChI is InChI=1S/C21H27ClN2O2/c1-16-20(25-2)9-8-18(21(16)26-3)15-24-12-10-23(11-13-24)14-17-6-4-5-7-19(17)22/h4-9H,10-15H2,1-3H3. The summed E-state index contributed by atoms with van der Waals surface area (Å²) in [6, 6.07) is 12.2. The molecular weight excluding hydrogens is 348 g/mol. The lowest BCUT2D eigenvalue weighted by Gasteiger charge is -2.35. The van der Waals surface area contributed by atoms with Crippen LogP contribution in [0.25, 0.3) is 0 Å². The highest BCUT2D eigenvalue weighted by Crippen LogP contribution is 2.32. The number of methoxy groups -OCH3 is 2. The van der Waals surface area contributed by atoms with Crippen molar-refractivity contribution in [3.8, 4) is 11.5 Å². The molecule has 0 bridgehead atoms.